The molecule has 1 nitrogen and oxygen atoms in total. The standard InChI is InChI=1S/C9H7NS3/c11-13-8-6-12-9(10-8)7-4-2-1-3-5-7/h1-6,11H. The molecular weight excluding hydrogens is 218 g/mol. The fourth-order valence-corrected chi connectivity index (χ4v) is 2.72. The summed E-state index contributed by atoms with van der Waals surface area (Å²) in [6, 6.07) is 10.2. The molecule has 1 aromatic carbocycles. The first-order valence-electron chi connectivity index (χ1n) is 3.72. The Kier molecular flexibility index (Phi) is 2.93. The minimum Gasteiger partial charge on any atom is -0.229 e. The van der Waals surface area contributed by atoms with Gasteiger partial charge in [0.15, 0.2) is 0 Å². The van der Waals surface area contributed by atoms with E-state index in [1.807, 2.05) is 23.6 Å². The molecule has 0 amide bonds. The molecule has 2 aromatic rings. The van der Waals surface area contributed by atoms with E-state index in [0.717, 1.165) is 10.0 Å². The molecule has 0 N–H and O–H groups in total. The van der Waals surface area contributed by atoms with Gasteiger partial charge >= 0.3 is 0 Å². The van der Waals surface area contributed by atoms with Crippen LogP contribution in [0.3, 0.4) is 0 Å². The van der Waals surface area contributed by atoms with Gasteiger partial charge in [-0.25, -0.2) is 4.98 Å². The molecule has 2 rings (SSSR count). The maximum Gasteiger partial charge on any atom is 0.124 e. The lowest BCUT2D eigenvalue weighted by Crippen LogP contribution is -1.73. The van der Waals surface area contributed by atoms with Crippen LogP contribution in [0.15, 0.2) is 40.7 Å². The zero-order chi connectivity index (χ0) is 9.10. The average Bonchev–Trinajstić information content (AvgIpc) is 2.67. The predicted molar refractivity (Wildman–Crippen MR) is 62.4 cm³/mol. The zero-order valence-corrected chi connectivity index (χ0v) is 9.20. The Bertz CT molecular complexity index is 383. The Labute approximate surface area is 90.0 Å². The lowest BCUT2D eigenvalue weighted by Gasteiger charge is -1.92. The van der Waals surface area contributed by atoms with Crippen LogP contribution in [-0.2, 0) is 0 Å². The maximum atomic E-state index is 4.40. The van der Waals surface area contributed by atoms with Gasteiger partial charge in [0.2, 0.25) is 0 Å². The number of benzene rings is 1. The van der Waals surface area contributed by atoms with E-state index in [2.05, 4.69) is 28.8 Å². The first kappa shape index (κ1) is 9.12. The van der Waals surface area contributed by atoms with E-state index >= 15 is 0 Å². The summed E-state index contributed by atoms with van der Waals surface area (Å²) < 4.78 is 0. The van der Waals surface area contributed by atoms with Crippen LogP contribution in [0.2, 0.25) is 0 Å². The number of thiol groups is 1. The monoisotopic (exact) mass is 225 g/mol. The molecule has 0 bridgehead atoms. The normalized spacial score (nSPS) is 10.2. The third kappa shape index (κ3) is 2.07. The molecule has 66 valence electrons. The largest absolute Gasteiger partial charge is 0.229 e. The van der Waals surface area contributed by atoms with E-state index in [1.54, 1.807) is 11.3 Å². The molecule has 1 heterocycles. The Hall–Kier alpha value is -0.450. The van der Waals surface area contributed by atoms with Crippen LogP contribution in [0.5, 0.6) is 0 Å². The lowest BCUT2D eigenvalue weighted by atomic mass is 10.2. The SMILES string of the molecule is SSc1csc(-c2ccccc2)n1. The van der Waals surface area contributed by atoms with Gasteiger partial charge < -0.3 is 0 Å². The molecule has 0 saturated heterocycles. The van der Waals surface area contributed by atoms with Gasteiger partial charge in [0.25, 0.3) is 0 Å². The van der Waals surface area contributed by atoms with Crippen molar-refractivity contribution in [2.75, 3.05) is 0 Å². The summed E-state index contributed by atoms with van der Waals surface area (Å²) in [4.78, 5) is 4.40. The van der Waals surface area contributed by atoms with Gasteiger partial charge in [-0.1, -0.05) is 30.3 Å². The molecular formula is C9H7NS3. The molecule has 0 fully saturated rings. The molecule has 13 heavy (non-hydrogen) atoms. The highest BCUT2D eigenvalue weighted by molar-refractivity contribution is 8.68. The lowest BCUT2D eigenvalue weighted by molar-refractivity contribution is 1.22. The Morgan fingerprint density at radius 3 is 2.62 bits per heavy atom. The summed E-state index contributed by atoms with van der Waals surface area (Å²) >= 11 is 5.74. The summed E-state index contributed by atoms with van der Waals surface area (Å²) in [6.45, 7) is 0. The molecule has 1 aromatic heterocycles. The van der Waals surface area contributed by atoms with Crippen LogP contribution < -0.4 is 0 Å². The molecule has 0 radical (unpaired) electrons. The van der Waals surface area contributed by atoms with Crippen molar-refractivity contribution in [3.05, 3.63) is 35.7 Å². The number of aromatic nitrogens is 1. The van der Waals surface area contributed by atoms with Gasteiger partial charge in [-0.3, -0.25) is 0 Å². The van der Waals surface area contributed by atoms with E-state index in [9.17, 15) is 0 Å². The predicted octanol–water partition coefficient (Wildman–Crippen LogP) is 3.75. The quantitative estimate of drug-likeness (QED) is 0.617. The van der Waals surface area contributed by atoms with Crippen LogP contribution in [0.1, 0.15) is 0 Å². The smallest absolute Gasteiger partial charge is 0.124 e. The number of rotatable bonds is 2. The van der Waals surface area contributed by atoms with Crippen molar-refractivity contribution in [3.63, 3.8) is 0 Å². The second-order valence-electron chi connectivity index (χ2n) is 2.45. The van der Waals surface area contributed by atoms with Gasteiger partial charge in [0, 0.05) is 10.9 Å². The first-order valence-corrected chi connectivity index (χ1v) is 6.47. The highest BCUT2D eigenvalue weighted by Gasteiger charge is 2.02. The number of nitrogens with zero attached hydrogens (tertiary/aromatic N) is 1. The van der Waals surface area contributed by atoms with E-state index in [0.29, 0.717) is 0 Å². The van der Waals surface area contributed by atoms with Crippen LogP contribution in [0, 0.1) is 0 Å². The molecule has 0 spiro atoms. The van der Waals surface area contributed by atoms with E-state index < -0.39 is 0 Å². The van der Waals surface area contributed by atoms with Gasteiger partial charge in [0.1, 0.15) is 10.0 Å². The average molecular weight is 225 g/mol. The van der Waals surface area contributed by atoms with E-state index in [-0.39, 0.29) is 0 Å². The van der Waals surface area contributed by atoms with Crippen molar-refractivity contribution in [3.8, 4) is 10.6 Å². The topological polar surface area (TPSA) is 12.9 Å². The van der Waals surface area contributed by atoms with Crippen molar-refractivity contribution in [2.24, 2.45) is 0 Å². The van der Waals surface area contributed by atoms with Gasteiger partial charge in [-0.15, -0.1) is 23.0 Å². The summed E-state index contributed by atoms with van der Waals surface area (Å²) in [5, 5.41) is 4.03. The maximum absolute atomic E-state index is 4.40. The van der Waals surface area contributed by atoms with Crippen LogP contribution >= 0.6 is 33.8 Å². The third-order valence-corrected chi connectivity index (χ3v) is 3.60. The fraction of sp³-hybridized carbons (Fsp3) is 0. The molecule has 0 unspecified atom stereocenters. The number of hydrogen-bond donors (Lipinski definition) is 1. The molecule has 0 aliphatic carbocycles. The third-order valence-electron chi connectivity index (χ3n) is 1.60. The number of thiazole rings is 1. The van der Waals surface area contributed by atoms with Crippen LogP contribution in [0.25, 0.3) is 10.6 Å². The second-order valence-corrected chi connectivity index (χ2v) is 4.45. The van der Waals surface area contributed by atoms with Crippen molar-refractivity contribution in [2.45, 2.75) is 5.03 Å². The van der Waals surface area contributed by atoms with Crippen LogP contribution in [0.4, 0.5) is 0 Å². The Morgan fingerprint density at radius 2 is 2.00 bits per heavy atom. The summed E-state index contributed by atoms with van der Waals surface area (Å²) in [5.74, 6) is 0. The van der Waals surface area contributed by atoms with Crippen molar-refractivity contribution < 1.29 is 0 Å². The van der Waals surface area contributed by atoms with Crippen molar-refractivity contribution in [1.82, 2.24) is 4.98 Å². The van der Waals surface area contributed by atoms with Gasteiger partial charge in [0.05, 0.1) is 0 Å². The van der Waals surface area contributed by atoms with Crippen molar-refractivity contribution >= 4 is 33.8 Å². The minimum atomic E-state index is 0.965. The molecule has 0 aliphatic rings. The van der Waals surface area contributed by atoms with E-state index in [4.69, 9.17) is 0 Å². The number of hydrogen-bond acceptors (Lipinski definition) is 4. The zero-order valence-electron chi connectivity index (χ0n) is 6.68. The van der Waals surface area contributed by atoms with Crippen molar-refractivity contribution in [1.29, 1.82) is 0 Å². The second kappa shape index (κ2) is 4.17. The highest BCUT2D eigenvalue weighted by Crippen LogP contribution is 2.29. The Morgan fingerprint density at radius 1 is 1.23 bits per heavy atom. The molecule has 4 heteroatoms. The molecule has 0 atom stereocenters. The first-order chi connectivity index (χ1) is 6.40. The highest BCUT2D eigenvalue weighted by atomic mass is 33.1. The summed E-state index contributed by atoms with van der Waals surface area (Å²) in [6.07, 6.45) is 0. The molecule has 0 saturated carbocycles. The summed E-state index contributed by atoms with van der Waals surface area (Å²) in [5.41, 5.74) is 1.17. The van der Waals surface area contributed by atoms with Crippen LogP contribution in [-0.4, -0.2) is 4.98 Å². The molecule has 0 aliphatic heterocycles. The van der Waals surface area contributed by atoms with Gasteiger partial charge in [-0.05, 0) is 10.8 Å². The fourth-order valence-electron chi connectivity index (χ4n) is 1.01. The van der Waals surface area contributed by atoms with Gasteiger partial charge in [-0.2, -0.15) is 0 Å². The summed E-state index contributed by atoms with van der Waals surface area (Å²) in [7, 11) is 1.38. The Balaban J connectivity index is 2.36. The van der Waals surface area contributed by atoms with E-state index in [1.165, 1.54) is 16.4 Å². The minimum absolute atomic E-state index is 0.965.